The van der Waals surface area contributed by atoms with Gasteiger partial charge in [0.25, 0.3) is 0 Å². The summed E-state index contributed by atoms with van der Waals surface area (Å²) < 4.78 is 2.15. The summed E-state index contributed by atoms with van der Waals surface area (Å²) >= 11 is 3.20. The van der Waals surface area contributed by atoms with Crippen molar-refractivity contribution < 1.29 is 4.79 Å². The second-order valence-electron chi connectivity index (χ2n) is 7.06. The molecular weight excluding hydrogens is 362 g/mol. The molecule has 1 aromatic carbocycles. The lowest BCUT2D eigenvalue weighted by Crippen LogP contribution is -2.41. The summed E-state index contributed by atoms with van der Waals surface area (Å²) in [5.74, 6) is 1.17. The van der Waals surface area contributed by atoms with E-state index in [0.29, 0.717) is 11.7 Å². The van der Waals surface area contributed by atoms with Crippen LogP contribution >= 0.6 is 23.1 Å². The summed E-state index contributed by atoms with van der Waals surface area (Å²) in [4.78, 5) is 19.3. The lowest BCUT2D eigenvalue weighted by Gasteiger charge is -2.32. The number of fused-ring (bicyclic) bond motifs is 1. The molecule has 1 aromatic heterocycles. The Balaban J connectivity index is 1.36. The van der Waals surface area contributed by atoms with E-state index >= 15 is 0 Å². The van der Waals surface area contributed by atoms with Crippen molar-refractivity contribution in [2.75, 3.05) is 31.9 Å². The van der Waals surface area contributed by atoms with Crippen molar-refractivity contribution in [3.8, 4) is 0 Å². The van der Waals surface area contributed by atoms with E-state index in [-0.39, 0.29) is 5.91 Å². The second kappa shape index (κ2) is 10.3. The van der Waals surface area contributed by atoms with Gasteiger partial charge in [0.1, 0.15) is 0 Å². The van der Waals surface area contributed by atoms with Crippen molar-refractivity contribution in [2.45, 2.75) is 43.4 Å². The van der Waals surface area contributed by atoms with E-state index in [4.69, 9.17) is 0 Å². The first-order valence-electron chi connectivity index (χ1n) is 9.72. The Morgan fingerprint density at radius 3 is 3.12 bits per heavy atom. The standard InChI is InChI=1S/C20H29N3OS2/c1-2-3-6-11-23-12-7-8-16(14-23)13-21-19(24)15-25-20-22-17-9-4-5-10-18(17)26-20/h4-5,9-10,16H,2-3,6-8,11-15H2,1H3,(H,21,24). The van der Waals surface area contributed by atoms with Gasteiger partial charge in [0, 0.05) is 13.1 Å². The van der Waals surface area contributed by atoms with Gasteiger partial charge < -0.3 is 10.2 Å². The average molecular weight is 392 g/mol. The lowest BCUT2D eigenvalue weighted by atomic mass is 9.97. The number of rotatable bonds is 9. The lowest BCUT2D eigenvalue weighted by molar-refractivity contribution is -0.118. The van der Waals surface area contributed by atoms with Crippen molar-refractivity contribution in [3.05, 3.63) is 24.3 Å². The van der Waals surface area contributed by atoms with Crippen LogP contribution in [0.4, 0.5) is 0 Å². The Kier molecular flexibility index (Phi) is 7.77. The molecule has 0 bridgehead atoms. The van der Waals surface area contributed by atoms with Gasteiger partial charge in [-0.1, -0.05) is 43.7 Å². The summed E-state index contributed by atoms with van der Waals surface area (Å²) in [5, 5.41) is 3.13. The number of aromatic nitrogens is 1. The summed E-state index contributed by atoms with van der Waals surface area (Å²) in [6, 6.07) is 8.12. The minimum Gasteiger partial charge on any atom is -0.355 e. The van der Waals surface area contributed by atoms with E-state index in [1.807, 2.05) is 18.2 Å². The molecule has 2 aromatic rings. The fraction of sp³-hybridized carbons (Fsp3) is 0.600. The largest absolute Gasteiger partial charge is 0.355 e. The average Bonchev–Trinajstić information content (AvgIpc) is 3.08. The number of thioether (sulfide) groups is 1. The van der Waals surface area contributed by atoms with Crippen molar-refractivity contribution in [2.24, 2.45) is 5.92 Å². The predicted octanol–water partition coefficient (Wildman–Crippen LogP) is 4.41. The van der Waals surface area contributed by atoms with Gasteiger partial charge in [-0.05, 0) is 50.4 Å². The molecular formula is C20H29N3OS2. The van der Waals surface area contributed by atoms with Crippen LogP contribution in [0.3, 0.4) is 0 Å². The zero-order chi connectivity index (χ0) is 18.2. The molecule has 1 N–H and O–H groups in total. The van der Waals surface area contributed by atoms with Gasteiger partial charge in [-0.15, -0.1) is 11.3 Å². The Bertz CT molecular complexity index is 670. The third-order valence-electron chi connectivity index (χ3n) is 4.87. The van der Waals surface area contributed by atoms with Crippen molar-refractivity contribution in [3.63, 3.8) is 0 Å². The number of amides is 1. The van der Waals surface area contributed by atoms with Crippen LogP contribution in [-0.4, -0.2) is 47.7 Å². The summed E-state index contributed by atoms with van der Waals surface area (Å²) in [6.45, 7) is 6.63. The van der Waals surface area contributed by atoms with E-state index in [1.165, 1.54) is 61.7 Å². The van der Waals surface area contributed by atoms with E-state index in [2.05, 4.69) is 28.2 Å². The topological polar surface area (TPSA) is 45.2 Å². The molecule has 1 aliphatic rings. The molecule has 1 amide bonds. The number of benzene rings is 1. The van der Waals surface area contributed by atoms with Crippen LogP contribution in [0.5, 0.6) is 0 Å². The first kappa shape index (κ1) is 19.6. The number of nitrogens with one attached hydrogen (secondary N) is 1. The molecule has 1 fully saturated rings. The van der Waals surface area contributed by atoms with Crippen molar-refractivity contribution in [1.82, 2.24) is 15.2 Å². The van der Waals surface area contributed by atoms with E-state index in [1.54, 1.807) is 11.3 Å². The molecule has 2 heterocycles. The molecule has 142 valence electrons. The molecule has 1 unspecified atom stereocenters. The van der Waals surface area contributed by atoms with Crippen LogP contribution in [0, 0.1) is 5.92 Å². The summed E-state index contributed by atoms with van der Waals surface area (Å²) in [7, 11) is 0. The molecule has 4 nitrogen and oxygen atoms in total. The highest BCUT2D eigenvalue weighted by molar-refractivity contribution is 8.01. The minimum absolute atomic E-state index is 0.123. The maximum absolute atomic E-state index is 12.2. The number of unbranched alkanes of at least 4 members (excludes halogenated alkanes) is 2. The summed E-state index contributed by atoms with van der Waals surface area (Å²) in [5.41, 5.74) is 1.02. The fourth-order valence-corrected chi connectivity index (χ4v) is 5.35. The molecule has 26 heavy (non-hydrogen) atoms. The van der Waals surface area contributed by atoms with Gasteiger partial charge in [0.05, 0.1) is 16.0 Å². The molecule has 1 atom stereocenters. The molecule has 1 aliphatic heterocycles. The maximum atomic E-state index is 12.2. The van der Waals surface area contributed by atoms with E-state index in [9.17, 15) is 4.79 Å². The second-order valence-corrected chi connectivity index (χ2v) is 9.31. The van der Waals surface area contributed by atoms with Crippen LogP contribution in [0.2, 0.25) is 0 Å². The first-order chi connectivity index (χ1) is 12.7. The molecule has 0 radical (unpaired) electrons. The van der Waals surface area contributed by atoms with Crippen LogP contribution in [0.25, 0.3) is 10.2 Å². The molecule has 0 aliphatic carbocycles. The third kappa shape index (κ3) is 5.96. The molecule has 0 spiro atoms. The molecule has 6 heteroatoms. The monoisotopic (exact) mass is 391 g/mol. The van der Waals surface area contributed by atoms with Crippen LogP contribution in [0.15, 0.2) is 28.6 Å². The van der Waals surface area contributed by atoms with Crippen molar-refractivity contribution >= 4 is 39.2 Å². The van der Waals surface area contributed by atoms with Gasteiger partial charge in [0.15, 0.2) is 4.34 Å². The summed E-state index contributed by atoms with van der Waals surface area (Å²) in [6.07, 6.45) is 6.39. The number of nitrogens with zero attached hydrogens (tertiary/aromatic N) is 2. The maximum Gasteiger partial charge on any atom is 0.230 e. The normalized spacial score (nSPS) is 18.3. The Hall–Kier alpha value is -1.11. The smallest absolute Gasteiger partial charge is 0.230 e. The number of hydrogen-bond donors (Lipinski definition) is 1. The van der Waals surface area contributed by atoms with Gasteiger partial charge in [-0.25, -0.2) is 4.98 Å². The van der Waals surface area contributed by atoms with E-state index in [0.717, 1.165) is 22.9 Å². The number of likely N-dealkylation sites (tertiary alicyclic amines) is 1. The van der Waals surface area contributed by atoms with Crippen molar-refractivity contribution in [1.29, 1.82) is 0 Å². The Morgan fingerprint density at radius 1 is 1.38 bits per heavy atom. The number of hydrogen-bond acceptors (Lipinski definition) is 5. The molecule has 3 rings (SSSR count). The highest BCUT2D eigenvalue weighted by Gasteiger charge is 2.20. The minimum atomic E-state index is 0.123. The Labute approximate surface area is 164 Å². The quantitative estimate of drug-likeness (QED) is 0.508. The van der Waals surface area contributed by atoms with Gasteiger partial charge in [-0.3, -0.25) is 4.79 Å². The Morgan fingerprint density at radius 2 is 2.27 bits per heavy atom. The third-order valence-corrected chi connectivity index (χ3v) is 7.05. The zero-order valence-electron chi connectivity index (χ0n) is 15.6. The molecule has 1 saturated heterocycles. The van der Waals surface area contributed by atoms with Crippen LogP contribution in [-0.2, 0) is 4.79 Å². The highest BCUT2D eigenvalue weighted by Crippen LogP contribution is 2.29. The number of thiazole rings is 1. The van der Waals surface area contributed by atoms with Crippen LogP contribution < -0.4 is 5.32 Å². The fourth-order valence-electron chi connectivity index (χ4n) is 3.46. The van der Waals surface area contributed by atoms with Gasteiger partial charge >= 0.3 is 0 Å². The zero-order valence-corrected chi connectivity index (χ0v) is 17.2. The van der Waals surface area contributed by atoms with E-state index < -0.39 is 0 Å². The number of carbonyl (C=O) groups excluding carboxylic acids is 1. The molecule has 0 saturated carbocycles. The first-order valence-corrected chi connectivity index (χ1v) is 11.5. The highest BCUT2D eigenvalue weighted by atomic mass is 32.2. The van der Waals surface area contributed by atoms with Gasteiger partial charge in [0.2, 0.25) is 5.91 Å². The number of piperidine rings is 1. The number of para-hydroxylation sites is 1. The van der Waals surface area contributed by atoms with Crippen LogP contribution in [0.1, 0.15) is 39.0 Å². The SMILES string of the molecule is CCCCCN1CCCC(CNC(=O)CSc2nc3ccccc3s2)C1. The van der Waals surface area contributed by atoms with Gasteiger partial charge in [-0.2, -0.15) is 0 Å². The number of carbonyl (C=O) groups is 1. The predicted molar refractivity (Wildman–Crippen MR) is 112 cm³/mol.